The van der Waals surface area contributed by atoms with Gasteiger partial charge in [-0.15, -0.1) is 0 Å². The molecule has 1 saturated heterocycles. The van der Waals surface area contributed by atoms with Crippen LogP contribution in [-0.2, 0) is 16.6 Å². The number of carbonyl (C=O) groups is 1. The van der Waals surface area contributed by atoms with Crippen LogP contribution in [0.2, 0.25) is 0 Å². The van der Waals surface area contributed by atoms with Gasteiger partial charge < -0.3 is 19.5 Å². The number of thioether (sulfide) groups is 1. The molecule has 0 aromatic heterocycles. The summed E-state index contributed by atoms with van der Waals surface area (Å²) < 4.78 is 11.5. The number of likely N-dealkylation sites (tertiary alicyclic amines) is 1. The Kier molecular flexibility index (Phi) is 7.20. The van der Waals surface area contributed by atoms with E-state index < -0.39 is 0 Å². The van der Waals surface area contributed by atoms with Crippen molar-refractivity contribution in [2.75, 3.05) is 27.3 Å². The Hall–Kier alpha value is -2.67. The number of phenolic OH excluding ortho intramolecular Hbond substituents is 1. The molecular formula is C29H36N2O4S. The molecule has 0 spiro atoms. The Morgan fingerprint density at radius 1 is 1.03 bits per heavy atom. The van der Waals surface area contributed by atoms with Crippen LogP contribution in [0, 0.1) is 0 Å². The van der Waals surface area contributed by atoms with Crippen LogP contribution < -0.4 is 9.47 Å². The molecule has 192 valence electrons. The van der Waals surface area contributed by atoms with Crippen LogP contribution in [0.25, 0.3) is 11.1 Å². The summed E-state index contributed by atoms with van der Waals surface area (Å²) in [6.45, 7) is 4.22. The minimum absolute atomic E-state index is 0.0199. The average Bonchev–Trinajstić information content (AvgIpc) is 3.54. The lowest BCUT2D eigenvalue weighted by atomic mass is 9.70. The molecule has 5 rings (SSSR count). The van der Waals surface area contributed by atoms with Crippen molar-refractivity contribution in [2.45, 2.75) is 69.0 Å². The first-order valence-corrected chi connectivity index (χ1v) is 13.9. The largest absolute Gasteiger partial charge is 0.508 e. The Morgan fingerprint density at radius 3 is 2.47 bits per heavy atom. The minimum atomic E-state index is -0.272. The van der Waals surface area contributed by atoms with E-state index in [0.717, 1.165) is 66.2 Å². The first kappa shape index (κ1) is 25.0. The lowest BCUT2D eigenvalue weighted by Gasteiger charge is -2.35. The highest BCUT2D eigenvalue weighted by molar-refractivity contribution is 8.15. The number of ether oxygens (including phenoxy) is 2. The number of amidine groups is 1. The Labute approximate surface area is 218 Å². The molecule has 2 fully saturated rings. The van der Waals surface area contributed by atoms with Gasteiger partial charge in [-0.3, -0.25) is 4.79 Å². The molecule has 0 radical (unpaired) electrons. The van der Waals surface area contributed by atoms with E-state index in [1.807, 2.05) is 18.2 Å². The molecule has 0 bridgehead atoms. The van der Waals surface area contributed by atoms with Crippen molar-refractivity contribution in [3.05, 3.63) is 41.5 Å². The molecule has 1 N–H and O–H groups in total. The highest BCUT2D eigenvalue weighted by Gasteiger charge is 2.34. The van der Waals surface area contributed by atoms with Gasteiger partial charge in [0.25, 0.3) is 5.91 Å². The van der Waals surface area contributed by atoms with Crippen LogP contribution in [0.3, 0.4) is 0 Å². The summed E-state index contributed by atoms with van der Waals surface area (Å²) in [6.07, 6.45) is 8.63. The first-order valence-electron chi connectivity index (χ1n) is 13.0. The zero-order chi connectivity index (χ0) is 25.3. The fourth-order valence-electron chi connectivity index (χ4n) is 5.91. The van der Waals surface area contributed by atoms with Gasteiger partial charge >= 0.3 is 0 Å². The number of aliphatic imine (C=N–C) groups is 1. The standard InChI is InChI=1S/C29H36N2O4S/c1-29(11-5-4-6-12-29)22-16-19(9-10-23(22)32)20-15-21(26(35-3)24(17-20)34-2)18-25-27(33)30-28(36-25)31-13-7-8-14-31/h9-10,15-17,25,32H,4-8,11-14,18H2,1-3H3. The topological polar surface area (TPSA) is 71.4 Å². The second-order valence-electron chi connectivity index (χ2n) is 10.5. The van der Waals surface area contributed by atoms with Gasteiger partial charge in [0, 0.05) is 24.2 Å². The molecule has 2 aromatic rings. The van der Waals surface area contributed by atoms with Gasteiger partial charge in [0.15, 0.2) is 16.7 Å². The number of hydrogen-bond acceptors (Lipinski definition) is 6. The molecule has 2 aliphatic heterocycles. The van der Waals surface area contributed by atoms with Gasteiger partial charge in [-0.25, -0.2) is 0 Å². The molecular weight excluding hydrogens is 472 g/mol. The first-order chi connectivity index (χ1) is 17.4. The lowest BCUT2D eigenvalue weighted by molar-refractivity contribution is -0.117. The molecule has 1 saturated carbocycles. The summed E-state index contributed by atoms with van der Waals surface area (Å²) in [5.41, 5.74) is 3.93. The van der Waals surface area contributed by atoms with Crippen molar-refractivity contribution < 1.29 is 19.4 Å². The Morgan fingerprint density at radius 2 is 1.78 bits per heavy atom. The van der Waals surface area contributed by atoms with E-state index in [9.17, 15) is 9.90 Å². The number of aromatic hydroxyl groups is 1. The Bertz CT molecular complexity index is 1170. The van der Waals surface area contributed by atoms with E-state index in [2.05, 4.69) is 28.9 Å². The molecule has 6 nitrogen and oxygen atoms in total. The van der Waals surface area contributed by atoms with E-state index >= 15 is 0 Å². The maximum absolute atomic E-state index is 12.8. The number of benzene rings is 2. The number of rotatable bonds is 6. The van der Waals surface area contributed by atoms with Crippen molar-refractivity contribution in [3.63, 3.8) is 0 Å². The average molecular weight is 509 g/mol. The van der Waals surface area contributed by atoms with Gasteiger partial charge in [-0.05, 0) is 72.9 Å². The van der Waals surface area contributed by atoms with Crippen molar-refractivity contribution in [2.24, 2.45) is 4.99 Å². The molecule has 1 aliphatic carbocycles. The van der Waals surface area contributed by atoms with Gasteiger partial charge in [0.2, 0.25) is 0 Å². The summed E-state index contributed by atoms with van der Waals surface area (Å²) in [4.78, 5) is 19.4. The highest BCUT2D eigenvalue weighted by atomic mass is 32.2. The van der Waals surface area contributed by atoms with Crippen LogP contribution in [0.1, 0.15) is 63.0 Å². The third-order valence-corrected chi connectivity index (χ3v) is 9.22. The number of hydrogen-bond donors (Lipinski definition) is 1. The van der Waals surface area contributed by atoms with Gasteiger partial charge in [-0.2, -0.15) is 4.99 Å². The molecule has 36 heavy (non-hydrogen) atoms. The maximum Gasteiger partial charge on any atom is 0.262 e. The van der Waals surface area contributed by atoms with Crippen LogP contribution >= 0.6 is 11.8 Å². The second kappa shape index (κ2) is 10.4. The van der Waals surface area contributed by atoms with E-state index in [4.69, 9.17) is 9.47 Å². The maximum atomic E-state index is 12.8. The molecule has 2 heterocycles. The molecule has 1 unspecified atom stereocenters. The zero-order valence-electron chi connectivity index (χ0n) is 21.5. The zero-order valence-corrected chi connectivity index (χ0v) is 22.3. The van der Waals surface area contributed by atoms with E-state index in [1.54, 1.807) is 26.0 Å². The summed E-state index contributed by atoms with van der Waals surface area (Å²) in [5, 5.41) is 11.4. The van der Waals surface area contributed by atoms with Crippen molar-refractivity contribution >= 4 is 22.8 Å². The van der Waals surface area contributed by atoms with Crippen LogP contribution in [0.5, 0.6) is 17.2 Å². The monoisotopic (exact) mass is 508 g/mol. The predicted molar refractivity (Wildman–Crippen MR) is 145 cm³/mol. The fraction of sp³-hybridized carbons (Fsp3) is 0.517. The van der Waals surface area contributed by atoms with Crippen molar-refractivity contribution in [1.29, 1.82) is 0 Å². The van der Waals surface area contributed by atoms with Gasteiger partial charge in [0.05, 0.1) is 19.5 Å². The van der Waals surface area contributed by atoms with Gasteiger partial charge in [0.1, 0.15) is 5.75 Å². The molecule has 1 atom stereocenters. The van der Waals surface area contributed by atoms with E-state index in [-0.39, 0.29) is 16.6 Å². The third kappa shape index (κ3) is 4.82. The fourth-order valence-corrected chi connectivity index (χ4v) is 7.06. The number of carbonyl (C=O) groups excluding carboxylic acids is 1. The second-order valence-corrected chi connectivity index (χ2v) is 11.6. The van der Waals surface area contributed by atoms with Gasteiger partial charge in [-0.1, -0.05) is 44.0 Å². The third-order valence-electron chi connectivity index (χ3n) is 8.00. The van der Waals surface area contributed by atoms with Crippen LogP contribution in [0.15, 0.2) is 35.3 Å². The molecule has 3 aliphatic rings. The highest BCUT2D eigenvalue weighted by Crippen LogP contribution is 2.45. The van der Waals surface area contributed by atoms with E-state index in [1.165, 1.54) is 19.3 Å². The van der Waals surface area contributed by atoms with Crippen LogP contribution in [0.4, 0.5) is 0 Å². The molecule has 2 aromatic carbocycles. The lowest BCUT2D eigenvalue weighted by Crippen LogP contribution is -2.25. The summed E-state index contributed by atoms with van der Waals surface area (Å²) in [6, 6.07) is 9.99. The number of nitrogens with zero attached hydrogens (tertiary/aromatic N) is 2. The van der Waals surface area contributed by atoms with E-state index in [0.29, 0.717) is 23.7 Å². The van der Waals surface area contributed by atoms with Crippen molar-refractivity contribution in [3.8, 4) is 28.4 Å². The quantitative estimate of drug-likeness (QED) is 0.521. The number of methoxy groups -OCH3 is 2. The summed E-state index contributed by atoms with van der Waals surface area (Å²) in [5.74, 6) is 1.58. The van der Waals surface area contributed by atoms with Crippen molar-refractivity contribution in [1.82, 2.24) is 4.90 Å². The number of phenols is 1. The SMILES string of the molecule is COc1cc(-c2ccc(O)c(C3(C)CCCCC3)c2)cc(CC2SC(N3CCCC3)=NC2=O)c1OC. The Balaban J connectivity index is 1.47. The predicted octanol–water partition coefficient (Wildman–Crippen LogP) is 5.93. The minimum Gasteiger partial charge on any atom is -0.508 e. The van der Waals surface area contributed by atoms with Crippen LogP contribution in [-0.4, -0.2) is 53.6 Å². The summed E-state index contributed by atoms with van der Waals surface area (Å²) >= 11 is 1.56. The normalized spacial score (nSPS) is 21.5. The molecule has 1 amide bonds. The smallest absolute Gasteiger partial charge is 0.262 e. The number of amides is 1. The summed E-state index contributed by atoms with van der Waals surface area (Å²) in [7, 11) is 3.28. The molecule has 7 heteroatoms.